The first-order valence-corrected chi connectivity index (χ1v) is 7.85. The zero-order valence-corrected chi connectivity index (χ0v) is 13.2. The van der Waals surface area contributed by atoms with Crippen LogP contribution in [0.4, 0.5) is 0 Å². The molecule has 1 unspecified atom stereocenters. The van der Waals surface area contributed by atoms with Crippen LogP contribution in [0, 0.1) is 0 Å². The Hall–Kier alpha value is -0.320. The maximum atomic E-state index is 10.9. The SMILES string of the molecule is C[C@@H](O)COC(O)(CO)C(N1CCOCC1)N1CCOCC1. The number of ether oxygens (including phenoxy) is 3. The average molecular weight is 320 g/mol. The fourth-order valence-electron chi connectivity index (χ4n) is 2.91. The summed E-state index contributed by atoms with van der Waals surface area (Å²) in [5.41, 5.74) is 0. The van der Waals surface area contributed by atoms with Crippen LogP contribution in [-0.4, -0.2) is 109 Å². The lowest BCUT2D eigenvalue weighted by Gasteiger charge is -2.49. The highest BCUT2D eigenvalue weighted by Gasteiger charge is 2.45. The fraction of sp³-hybridized carbons (Fsp3) is 1.00. The van der Waals surface area contributed by atoms with Crippen LogP contribution in [0.2, 0.25) is 0 Å². The summed E-state index contributed by atoms with van der Waals surface area (Å²) in [5.74, 6) is -1.76. The molecule has 2 rings (SSSR count). The summed E-state index contributed by atoms with van der Waals surface area (Å²) >= 11 is 0. The van der Waals surface area contributed by atoms with E-state index in [1.54, 1.807) is 6.92 Å². The molecule has 130 valence electrons. The fourth-order valence-corrected chi connectivity index (χ4v) is 2.91. The quantitative estimate of drug-likeness (QED) is 0.466. The van der Waals surface area contributed by atoms with Crippen molar-refractivity contribution in [3.8, 4) is 0 Å². The topological polar surface area (TPSA) is 94.9 Å². The average Bonchev–Trinajstić information content (AvgIpc) is 2.55. The number of morpholine rings is 2. The predicted octanol–water partition coefficient (Wildman–Crippen LogP) is -1.94. The molecular formula is C14H28N2O6. The molecule has 0 bridgehead atoms. The second-order valence-electron chi connectivity index (χ2n) is 5.83. The number of rotatable bonds is 7. The Morgan fingerprint density at radius 1 is 1.05 bits per heavy atom. The highest BCUT2D eigenvalue weighted by atomic mass is 16.6. The van der Waals surface area contributed by atoms with Gasteiger partial charge in [0.1, 0.15) is 12.8 Å². The van der Waals surface area contributed by atoms with E-state index in [0.717, 1.165) is 0 Å². The van der Waals surface area contributed by atoms with Gasteiger partial charge in [0.25, 0.3) is 0 Å². The minimum absolute atomic E-state index is 0.0394. The van der Waals surface area contributed by atoms with Crippen LogP contribution in [-0.2, 0) is 14.2 Å². The lowest BCUT2D eigenvalue weighted by atomic mass is 10.1. The Morgan fingerprint density at radius 3 is 1.86 bits per heavy atom. The predicted molar refractivity (Wildman–Crippen MR) is 78.2 cm³/mol. The van der Waals surface area contributed by atoms with Crippen molar-refractivity contribution in [3.05, 3.63) is 0 Å². The smallest absolute Gasteiger partial charge is 0.219 e. The largest absolute Gasteiger partial charge is 0.391 e. The summed E-state index contributed by atoms with van der Waals surface area (Å²) in [6, 6.07) is 0. The van der Waals surface area contributed by atoms with Gasteiger partial charge in [-0.25, -0.2) is 0 Å². The molecule has 2 aliphatic rings. The summed E-state index contributed by atoms with van der Waals surface area (Å²) in [7, 11) is 0. The highest BCUT2D eigenvalue weighted by Crippen LogP contribution is 2.24. The number of hydrogen-bond donors (Lipinski definition) is 3. The van der Waals surface area contributed by atoms with Crippen molar-refractivity contribution in [2.75, 3.05) is 65.8 Å². The standard InChI is InChI=1S/C14H28N2O6/c1-12(18)10-22-14(19,11-17)13(15-2-6-20-7-3-15)16-4-8-21-9-5-16/h12-13,17-19H,2-11H2,1H3/t12-,14?/m1/s1. The maximum absolute atomic E-state index is 10.9. The normalized spacial score (nSPS) is 26.0. The van der Waals surface area contributed by atoms with Gasteiger partial charge in [-0.15, -0.1) is 0 Å². The molecule has 0 spiro atoms. The molecule has 0 aromatic rings. The van der Waals surface area contributed by atoms with Crippen molar-refractivity contribution < 1.29 is 29.5 Å². The Kier molecular flexibility index (Phi) is 6.97. The van der Waals surface area contributed by atoms with Gasteiger partial charge >= 0.3 is 0 Å². The minimum Gasteiger partial charge on any atom is -0.391 e. The molecule has 2 saturated heterocycles. The van der Waals surface area contributed by atoms with E-state index >= 15 is 0 Å². The van der Waals surface area contributed by atoms with E-state index in [4.69, 9.17) is 14.2 Å². The molecular weight excluding hydrogens is 292 g/mol. The van der Waals surface area contributed by atoms with E-state index in [0.29, 0.717) is 52.6 Å². The number of aliphatic hydroxyl groups is 3. The zero-order valence-electron chi connectivity index (χ0n) is 13.2. The molecule has 0 aromatic carbocycles. The van der Waals surface area contributed by atoms with Crippen LogP contribution in [0.5, 0.6) is 0 Å². The second-order valence-corrected chi connectivity index (χ2v) is 5.83. The maximum Gasteiger partial charge on any atom is 0.219 e. The molecule has 2 aliphatic heterocycles. The van der Waals surface area contributed by atoms with Gasteiger partial charge in [0.05, 0.1) is 39.1 Å². The van der Waals surface area contributed by atoms with E-state index in [1.165, 1.54) is 0 Å². The van der Waals surface area contributed by atoms with Gasteiger partial charge < -0.3 is 29.5 Å². The molecule has 8 nitrogen and oxygen atoms in total. The first-order valence-electron chi connectivity index (χ1n) is 7.85. The van der Waals surface area contributed by atoms with E-state index in [9.17, 15) is 15.3 Å². The van der Waals surface area contributed by atoms with Gasteiger partial charge in [0, 0.05) is 26.2 Å². The Bertz CT molecular complexity index is 302. The molecule has 8 heteroatoms. The van der Waals surface area contributed by atoms with Crippen molar-refractivity contribution in [2.45, 2.75) is 25.0 Å². The molecule has 0 aliphatic carbocycles. The van der Waals surface area contributed by atoms with E-state index < -0.39 is 24.7 Å². The van der Waals surface area contributed by atoms with Gasteiger partial charge in [0.15, 0.2) is 0 Å². The minimum atomic E-state index is -1.76. The first-order chi connectivity index (χ1) is 10.6. The van der Waals surface area contributed by atoms with Crippen molar-refractivity contribution in [1.82, 2.24) is 9.80 Å². The van der Waals surface area contributed by atoms with Crippen LogP contribution in [0.15, 0.2) is 0 Å². The third-order valence-corrected chi connectivity index (χ3v) is 3.99. The summed E-state index contributed by atoms with van der Waals surface area (Å²) in [6.45, 7) is 5.95. The number of nitrogens with zero attached hydrogens (tertiary/aromatic N) is 2. The monoisotopic (exact) mass is 320 g/mol. The van der Waals surface area contributed by atoms with Gasteiger partial charge in [-0.05, 0) is 6.92 Å². The number of aliphatic hydroxyl groups excluding tert-OH is 2. The van der Waals surface area contributed by atoms with Gasteiger partial charge in [-0.3, -0.25) is 9.80 Å². The van der Waals surface area contributed by atoms with Crippen molar-refractivity contribution in [1.29, 1.82) is 0 Å². The second kappa shape index (κ2) is 8.51. The van der Waals surface area contributed by atoms with Crippen molar-refractivity contribution in [2.24, 2.45) is 0 Å². The Balaban J connectivity index is 2.15. The highest BCUT2D eigenvalue weighted by molar-refractivity contribution is 4.88. The molecule has 22 heavy (non-hydrogen) atoms. The van der Waals surface area contributed by atoms with Gasteiger partial charge in [-0.2, -0.15) is 0 Å². The van der Waals surface area contributed by atoms with Crippen LogP contribution in [0.25, 0.3) is 0 Å². The molecule has 0 amide bonds. The van der Waals surface area contributed by atoms with Gasteiger partial charge in [-0.1, -0.05) is 0 Å². The zero-order chi connectivity index (χ0) is 16.0. The summed E-state index contributed by atoms with van der Waals surface area (Å²) in [6.07, 6.45) is -1.21. The van der Waals surface area contributed by atoms with Crippen LogP contribution in [0.3, 0.4) is 0 Å². The summed E-state index contributed by atoms with van der Waals surface area (Å²) < 4.78 is 16.2. The summed E-state index contributed by atoms with van der Waals surface area (Å²) in [4.78, 5) is 4.13. The van der Waals surface area contributed by atoms with Crippen LogP contribution >= 0.6 is 0 Å². The first kappa shape index (κ1) is 18.0. The molecule has 3 N–H and O–H groups in total. The number of hydrogen-bond acceptors (Lipinski definition) is 8. The van der Waals surface area contributed by atoms with Crippen molar-refractivity contribution in [3.63, 3.8) is 0 Å². The lowest BCUT2D eigenvalue weighted by Crippen LogP contribution is -2.67. The molecule has 2 fully saturated rings. The van der Waals surface area contributed by atoms with Crippen molar-refractivity contribution >= 4 is 0 Å². The molecule has 0 radical (unpaired) electrons. The molecule has 2 atom stereocenters. The Morgan fingerprint density at radius 2 is 1.50 bits per heavy atom. The summed E-state index contributed by atoms with van der Waals surface area (Å²) in [5, 5.41) is 30.1. The van der Waals surface area contributed by atoms with E-state index in [-0.39, 0.29) is 6.61 Å². The third-order valence-electron chi connectivity index (χ3n) is 3.99. The van der Waals surface area contributed by atoms with Gasteiger partial charge in [0.2, 0.25) is 5.79 Å². The van der Waals surface area contributed by atoms with E-state index in [1.807, 2.05) is 0 Å². The van der Waals surface area contributed by atoms with E-state index in [2.05, 4.69) is 9.80 Å². The molecule has 0 saturated carbocycles. The Labute approximate surface area is 131 Å². The lowest BCUT2D eigenvalue weighted by molar-refractivity contribution is -0.299. The third kappa shape index (κ3) is 4.59. The van der Waals surface area contributed by atoms with Crippen LogP contribution < -0.4 is 0 Å². The van der Waals surface area contributed by atoms with Crippen LogP contribution in [0.1, 0.15) is 6.92 Å². The molecule has 2 heterocycles. The molecule has 0 aromatic heterocycles.